The van der Waals surface area contributed by atoms with E-state index in [-0.39, 0.29) is 16.6 Å². The molecule has 2 aromatic heterocycles. The van der Waals surface area contributed by atoms with Crippen molar-refractivity contribution in [1.82, 2.24) is 24.5 Å². The van der Waals surface area contributed by atoms with E-state index in [9.17, 15) is 17.6 Å². The molecule has 0 atom stereocenters. The highest BCUT2D eigenvalue weighted by molar-refractivity contribution is 5.93. The first-order valence-corrected chi connectivity index (χ1v) is 7.84. The Balaban J connectivity index is 1.86. The number of rotatable bonds is 2. The minimum absolute atomic E-state index is 0.187. The molecular weight excluding hydrogens is 356 g/mol. The van der Waals surface area contributed by atoms with Gasteiger partial charge in [0.1, 0.15) is 6.33 Å². The maximum atomic E-state index is 14.1. The summed E-state index contributed by atoms with van der Waals surface area (Å²) in [6, 6.07) is 1.87. The molecule has 3 aromatic rings. The van der Waals surface area contributed by atoms with Crippen molar-refractivity contribution in [2.75, 3.05) is 38.1 Å². The first-order valence-electron chi connectivity index (χ1n) is 7.84. The molecule has 1 aromatic carbocycles. The molecule has 0 amide bonds. The van der Waals surface area contributed by atoms with Crippen LogP contribution >= 0.6 is 0 Å². The molecule has 11 heteroatoms. The van der Waals surface area contributed by atoms with Crippen molar-refractivity contribution in [2.24, 2.45) is 0 Å². The highest BCUT2D eigenvalue weighted by Gasteiger charge is 2.33. The van der Waals surface area contributed by atoms with Gasteiger partial charge in [0.15, 0.2) is 17.2 Å². The molecule has 26 heavy (non-hydrogen) atoms. The number of aromatic nitrogens is 4. The van der Waals surface area contributed by atoms with Crippen LogP contribution in [0.3, 0.4) is 0 Å². The lowest BCUT2D eigenvalue weighted by molar-refractivity contribution is -0.275. The Morgan fingerprint density at radius 1 is 1.12 bits per heavy atom. The topological polar surface area (TPSA) is 58.8 Å². The number of likely N-dealkylation sites (N-methyl/N-ethyl adjacent to an activating group) is 1. The Labute approximate surface area is 144 Å². The van der Waals surface area contributed by atoms with Crippen LogP contribution < -0.4 is 9.64 Å². The number of hydrogen-bond donors (Lipinski definition) is 0. The second-order valence-electron chi connectivity index (χ2n) is 6.05. The number of piperazine rings is 1. The summed E-state index contributed by atoms with van der Waals surface area (Å²) < 4.78 is 56.7. The van der Waals surface area contributed by atoms with Crippen LogP contribution in [0.15, 0.2) is 18.5 Å². The molecule has 0 N–H and O–H groups in total. The fraction of sp³-hybridized carbons (Fsp3) is 0.400. The fourth-order valence-corrected chi connectivity index (χ4v) is 2.96. The largest absolute Gasteiger partial charge is 0.573 e. The van der Waals surface area contributed by atoms with E-state index < -0.39 is 17.9 Å². The standard InChI is InChI=1S/C15H14F4N6O/c1-23-2-4-24(5-3-23)14-22-11-7-10(16)12(26-15(17,18)19)6-9(11)13-20-8-21-25(13)14/h6-8H,2-5H2,1H3. The monoisotopic (exact) mass is 370 g/mol. The number of alkyl halides is 3. The fourth-order valence-electron chi connectivity index (χ4n) is 2.96. The summed E-state index contributed by atoms with van der Waals surface area (Å²) in [5.74, 6) is -1.60. The van der Waals surface area contributed by atoms with Crippen LogP contribution in [-0.4, -0.2) is 64.1 Å². The first-order chi connectivity index (χ1) is 12.3. The third kappa shape index (κ3) is 2.98. The number of hydrogen-bond acceptors (Lipinski definition) is 6. The number of anilines is 1. The molecule has 7 nitrogen and oxygen atoms in total. The van der Waals surface area contributed by atoms with Crippen molar-refractivity contribution >= 4 is 22.5 Å². The molecule has 1 saturated heterocycles. The van der Waals surface area contributed by atoms with Crippen LogP contribution in [0.25, 0.3) is 16.6 Å². The van der Waals surface area contributed by atoms with E-state index in [0.717, 1.165) is 25.2 Å². The molecule has 4 rings (SSSR count). The van der Waals surface area contributed by atoms with E-state index in [2.05, 4.69) is 24.7 Å². The van der Waals surface area contributed by atoms with Gasteiger partial charge in [0, 0.05) is 37.6 Å². The number of fused-ring (bicyclic) bond motifs is 3. The van der Waals surface area contributed by atoms with Crippen molar-refractivity contribution in [3.63, 3.8) is 0 Å². The average molecular weight is 370 g/mol. The predicted octanol–water partition coefficient (Wildman–Crippen LogP) is 2.07. The minimum atomic E-state index is -4.99. The lowest BCUT2D eigenvalue weighted by Crippen LogP contribution is -2.45. The van der Waals surface area contributed by atoms with Gasteiger partial charge in [0.2, 0.25) is 5.95 Å². The van der Waals surface area contributed by atoms with Crippen molar-refractivity contribution < 1.29 is 22.3 Å². The van der Waals surface area contributed by atoms with Gasteiger partial charge in [-0.15, -0.1) is 13.2 Å². The third-order valence-corrected chi connectivity index (χ3v) is 4.26. The molecule has 0 radical (unpaired) electrons. The quantitative estimate of drug-likeness (QED) is 0.644. The third-order valence-electron chi connectivity index (χ3n) is 4.26. The molecule has 1 aliphatic rings. The van der Waals surface area contributed by atoms with E-state index in [1.807, 2.05) is 11.9 Å². The highest BCUT2D eigenvalue weighted by atomic mass is 19.4. The van der Waals surface area contributed by atoms with Crippen LogP contribution in [0.4, 0.5) is 23.5 Å². The molecule has 0 bridgehead atoms. The second kappa shape index (κ2) is 5.94. The van der Waals surface area contributed by atoms with Gasteiger partial charge in [-0.1, -0.05) is 0 Å². The molecule has 0 aliphatic carbocycles. The number of benzene rings is 1. The Morgan fingerprint density at radius 2 is 1.85 bits per heavy atom. The van der Waals surface area contributed by atoms with E-state index in [1.165, 1.54) is 10.8 Å². The molecule has 138 valence electrons. The van der Waals surface area contributed by atoms with E-state index >= 15 is 0 Å². The van der Waals surface area contributed by atoms with Crippen LogP contribution in [0.5, 0.6) is 5.75 Å². The summed E-state index contributed by atoms with van der Waals surface area (Å²) in [5, 5.41) is 4.34. The van der Waals surface area contributed by atoms with Gasteiger partial charge in [0.05, 0.1) is 5.52 Å². The van der Waals surface area contributed by atoms with E-state index in [1.54, 1.807) is 0 Å². The molecule has 3 heterocycles. The average Bonchev–Trinajstić information content (AvgIpc) is 3.04. The van der Waals surface area contributed by atoms with Gasteiger partial charge in [-0.2, -0.15) is 9.61 Å². The van der Waals surface area contributed by atoms with Gasteiger partial charge in [-0.05, 0) is 13.1 Å². The predicted molar refractivity (Wildman–Crippen MR) is 84.6 cm³/mol. The van der Waals surface area contributed by atoms with Gasteiger partial charge in [-0.3, -0.25) is 0 Å². The molecule has 0 unspecified atom stereocenters. The summed E-state index contributed by atoms with van der Waals surface area (Å²) in [5.41, 5.74) is 0.474. The zero-order valence-electron chi connectivity index (χ0n) is 13.7. The molecule has 0 spiro atoms. The Kier molecular flexibility index (Phi) is 3.83. The normalized spacial score (nSPS) is 16.6. The van der Waals surface area contributed by atoms with Crippen LogP contribution in [0.2, 0.25) is 0 Å². The van der Waals surface area contributed by atoms with Gasteiger partial charge in [0.25, 0.3) is 0 Å². The zero-order valence-corrected chi connectivity index (χ0v) is 13.7. The number of ether oxygens (including phenoxy) is 1. The van der Waals surface area contributed by atoms with Crippen molar-refractivity contribution in [3.8, 4) is 5.75 Å². The zero-order chi connectivity index (χ0) is 18.5. The Morgan fingerprint density at radius 3 is 2.54 bits per heavy atom. The highest BCUT2D eigenvalue weighted by Crippen LogP contribution is 2.31. The summed E-state index contributed by atoms with van der Waals surface area (Å²) in [7, 11) is 2.01. The summed E-state index contributed by atoms with van der Waals surface area (Å²) in [4.78, 5) is 12.7. The molecule has 0 saturated carbocycles. The van der Waals surface area contributed by atoms with Crippen LogP contribution in [-0.2, 0) is 0 Å². The van der Waals surface area contributed by atoms with Gasteiger partial charge < -0.3 is 14.5 Å². The lowest BCUT2D eigenvalue weighted by atomic mass is 10.2. The Bertz CT molecular complexity index is 964. The smallest absolute Gasteiger partial charge is 0.403 e. The maximum Gasteiger partial charge on any atom is 0.573 e. The summed E-state index contributed by atoms with van der Waals surface area (Å²) in [6.45, 7) is 3.04. The maximum absolute atomic E-state index is 14.1. The molecule has 1 fully saturated rings. The molecule has 1 aliphatic heterocycles. The van der Waals surface area contributed by atoms with E-state index in [0.29, 0.717) is 19.0 Å². The first kappa shape index (κ1) is 16.8. The van der Waals surface area contributed by atoms with Gasteiger partial charge >= 0.3 is 6.36 Å². The summed E-state index contributed by atoms with van der Waals surface area (Å²) in [6.07, 6.45) is -3.71. The van der Waals surface area contributed by atoms with Crippen LogP contribution in [0.1, 0.15) is 0 Å². The van der Waals surface area contributed by atoms with Crippen molar-refractivity contribution in [1.29, 1.82) is 0 Å². The summed E-state index contributed by atoms with van der Waals surface area (Å²) >= 11 is 0. The SMILES string of the molecule is CN1CCN(c2nc3cc(F)c(OC(F)(F)F)cc3c3ncnn23)CC1. The molecular formula is C15H14F4N6O. The van der Waals surface area contributed by atoms with Gasteiger partial charge in [-0.25, -0.2) is 14.4 Å². The Hall–Kier alpha value is -2.69. The second-order valence-corrected chi connectivity index (χ2v) is 6.05. The van der Waals surface area contributed by atoms with Crippen molar-refractivity contribution in [3.05, 3.63) is 24.3 Å². The van der Waals surface area contributed by atoms with E-state index in [4.69, 9.17) is 0 Å². The number of halogens is 4. The van der Waals surface area contributed by atoms with Crippen LogP contribution in [0, 0.1) is 5.82 Å². The lowest BCUT2D eigenvalue weighted by Gasteiger charge is -2.33. The minimum Gasteiger partial charge on any atom is -0.403 e. The number of nitrogens with zero attached hydrogens (tertiary/aromatic N) is 6. The van der Waals surface area contributed by atoms with Crippen molar-refractivity contribution in [2.45, 2.75) is 6.36 Å².